The van der Waals surface area contributed by atoms with E-state index in [4.69, 9.17) is 12.2 Å². The van der Waals surface area contributed by atoms with Crippen LogP contribution in [0.25, 0.3) is 6.08 Å². The molecule has 0 spiro atoms. The molecule has 1 fully saturated rings. The van der Waals surface area contributed by atoms with E-state index in [1.54, 1.807) is 30.0 Å². The number of nitro groups is 1. The van der Waals surface area contributed by atoms with Crippen molar-refractivity contribution in [2.24, 2.45) is 0 Å². The van der Waals surface area contributed by atoms with Crippen LogP contribution >= 0.6 is 24.0 Å². The first-order chi connectivity index (χ1) is 12.0. The summed E-state index contributed by atoms with van der Waals surface area (Å²) in [7, 11) is 0. The molecule has 1 aliphatic rings. The third-order valence-corrected chi connectivity index (χ3v) is 5.16. The molecule has 1 saturated heterocycles. The van der Waals surface area contributed by atoms with E-state index in [1.165, 1.54) is 17.8 Å². The minimum Gasteiger partial charge on any atom is -0.288 e. The van der Waals surface area contributed by atoms with Gasteiger partial charge in [-0.05, 0) is 24.1 Å². The molecule has 0 atom stereocenters. The maximum absolute atomic E-state index is 12.6. The molecular weight excluding hydrogens is 356 g/mol. The summed E-state index contributed by atoms with van der Waals surface area (Å²) < 4.78 is 0.488. The highest BCUT2D eigenvalue weighted by atomic mass is 32.2. The number of hydrogen-bond acceptors (Lipinski definition) is 5. The number of thiocarbonyl (C=S) groups is 1. The average molecular weight is 370 g/mol. The van der Waals surface area contributed by atoms with Crippen molar-refractivity contribution in [3.8, 4) is 0 Å². The summed E-state index contributed by atoms with van der Waals surface area (Å²) in [6.07, 6.45) is 1.65. The van der Waals surface area contributed by atoms with Crippen LogP contribution < -0.4 is 0 Å². The Balaban J connectivity index is 1.85. The number of carbonyl (C=O) groups is 1. The number of rotatable bonds is 4. The lowest BCUT2D eigenvalue weighted by atomic mass is 10.1. The summed E-state index contributed by atoms with van der Waals surface area (Å²) in [5.41, 5.74) is 2.22. The molecule has 0 radical (unpaired) electrons. The topological polar surface area (TPSA) is 63.5 Å². The van der Waals surface area contributed by atoms with E-state index in [1.807, 2.05) is 30.3 Å². The van der Waals surface area contributed by atoms with E-state index in [2.05, 4.69) is 0 Å². The largest absolute Gasteiger partial charge is 0.288 e. The molecule has 1 heterocycles. The van der Waals surface area contributed by atoms with Crippen molar-refractivity contribution < 1.29 is 9.72 Å². The molecule has 1 aliphatic heterocycles. The van der Waals surface area contributed by atoms with Crippen LogP contribution in [0.1, 0.15) is 16.7 Å². The maximum atomic E-state index is 12.6. The van der Waals surface area contributed by atoms with Crippen LogP contribution in [-0.2, 0) is 11.3 Å². The predicted octanol–water partition coefficient (Wildman–Crippen LogP) is 4.30. The monoisotopic (exact) mass is 370 g/mol. The van der Waals surface area contributed by atoms with Gasteiger partial charge in [-0.15, -0.1) is 0 Å². The van der Waals surface area contributed by atoms with Crippen molar-refractivity contribution in [3.63, 3.8) is 0 Å². The van der Waals surface area contributed by atoms with E-state index in [0.29, 0.717) is 26.9 Å². The third-order valence-electron chi connectivity index (χ3n) is 3.78. The number of nitro benzene ring substituents is 1. The molecule has 0 aromatic heterocycles. The second-order valence-corrected chi connectivity index (χ2v) is 7.23. The lowest BCUT2D eigenvalue weighted by Crippen LogP contribution is -2.27. The lowest BCUT2D eigenvalue weighted by molar-refractivity contribution is -0.385. The van der Waals surface area contributed by atoms with Crippen LogP contribution in [-0.4, -0.2) is 20.1 Å². The Hall–Kier alpha value is -2.51. The van der Waals surface area contributed by atoms with Crippen molar-refractivity contribution in [2.75, 3.05) is 0 Å². The molecular formula is C18H14N2O3S2. The van der Waals surface area contributed by atoms with Gasteiger partial charge in [0.25, 0.3) is 11.6 Å². The number of hydrogen-bond donors (Lipinski definition) is 0. The molecule has 0 unspecified atom stereocenters. The van der Waals surface area contributed by atoms with Gasteiger partial charge in [-0.25, -0.2) is 0 Å². The first kappa shape index (κ1) is 17.3. The van der Waals surface area contributed by atoms with Gasteiger partial charge in [-0.2, -0.15) is 0 Å². The van der Waals surface area contributed by atoms with Gasteiger partial charge in [-0.3, -0.25) is 19.8 Å². The number of amides is 1. The zero-order valence-corrected chi connectivity index (χ0v) is 15.0. The molecule has 1 amide bonds. The summed E-state index contributed by atoms with van der Waals surface area (Å²) in [5.74, 6) is -0.179. The van der Waals surface area contributed by atoms with Crippen LogP contribution in [0.3, 0.4) is 0 Å². The van der Waals surface area contributed by atoms with E-state index < -0.39 is 4.92 Å². The van der Waals surface area contributed by atoms with Crippen molar-refractivity contribution in [1.82, 2.24) is 4.90 Å². The van der Waals surface area contributed by atoms with E-state index in [9.17, 15) is 14.9 Å². The Labute approximate surface area is 154 Å². The molecule has 5 nitrogen and oxygen atoms in total. The third kappa shape index (κ3) is 3.78. The SMILES string of the molecule is Cc1ccc(C=C2SC(=S)N(Cc3ccccc3)C2=O)cc1[N+](=O)[O-]. The Morgan fingerprint density at radius 3 is 2.64 bits per heavy atom. The van der Waals surface area contributed by atoms with Crippen LogP contribution in [0.2, 0.25) is 0 Å². The van der Waals surface area contributed by atoms with Gasteiger partial charge in [0.05, 0.1) is 16.4 Å². The molecule has 25 heavy (non-hydrogen) atoms. The summed E-state index contributed by atoms with van der Waals surface area (Å²) in [6, 6.07) is 14.5. The lowest BCUT2D eigenvalue weighted by Gasteiger charge is -2.14. The van der Waals surface area contributed by atoms with Gasteiger partial charge >= 0.3 is 0 Å². The quantitative estimate of drug-likeness (QED) is 0.347. The molecule has 126 valence electrons. The summed E-state index contributed by atoms with van der Waals surface area (Å²) in [4.78, 5) is 25.3. The summed E-state index contributed by atoms with van der Waals surface area (Å²) in [5, 5.41) is 11.1. The van der Waals surface area contributed by atoms with Crippen molar-refractivity contribution in [3.05, 3.63) is 80.2 Å². The smallest absolute Gasteiger partial charge is 0.272 e. The van der Waals surface area contributed by atoms with Crippen LogP contribution in [0.15, 0.2) is 53.4 Å². The van der Waals surface area contributed by atoms with Crippen molar-refractivity contribution in [1.29, 1.82) is 0 Å². The van der Waals surface area contributed by atoms with Crippen molar-refractivity contribution in [2.45, 2.75) is 13.5 Å². The van der Waals surface area contributed by atoms with E-state index >= 15 is 0 Å². The Morgan fingerprint density at radius 2 is 1.96 bits per heavy atom. The van der Waals surface area contributed by atoms with Gasteiger partial charge in [0.2, 0.25) is 0 Å². The second kappa shape index (κ2) is 7.16. The molecule has 7 heteroatoms. The molecule has 0 saturated carbocycles. The Bertz CT molecular complexity index is 894. The molecule has 2 aromatic carbocycles. The fraction of sp³-hybridized carbons (Fsp3) is 0.111. The molecule has 2 aromatic rings. The first-order valence-corrected chi connectivity index (χ1v) is 8.72. The highest BCUT2D eigenvalue weighted by Crippen LogP contribution is 2.34. The summed E-state index contributed by atoms with van der Waals surface area (Å²) >= 11 is 6.53. The Kier molecular flexibility index (Phi) is 4.96. The minimum absolute atomic E-state index is 0.0357. The normalized spacial score (nSPS) is 15.9. The molecule has 0 aliphatic carbocycles. The number of carbonyl (C=O) groups excluding carboxylic acids is 1. The second-order valence-electron chi connectivity index (χ2n) is 5.56. The molecule has 0 N–H and O–H groups in total. The first-order valence-electron chi connectivity index (χ1n) is 7.50. The van der Waals surface area contributed by atoms with Crippen LogP contribution in [0.5, 0.6) is 0 Å². The number of thioether (sulfide) groups is 1. The number of nitrogens with zero attached hydrogens (tertiary/aromatic N) is 2. The maximum Gasteiger partial charge on any atom is 0.272 e. The standard InChI is InChI=1S/C18H14N2O3S2/c1-12-7-8-14(9-15(12)20(22)23)10-16-17(21)19(18(24)25-16)11-13-5-3-2-4-6-13/h2-10H,11H2,1H3. The molecule has 0 bridgehead atoms. The van der Waals surface area contributed by atoms with Gasteiger partial charge in [-0.1, -0.05) is 66.4 Å². The minimum atomic E-state index is -0.423. The number of aryl methyl sites for hydroxylation is 1. The molecule has 3 rings (SSSR count). The highest BCUT2D eigenvalue weighted by molar-refractivity contribution is 8.26. The van der Waals surface area contributed by atoms with Crippen LogP contribution in [0, 0.1) is 17.0 Å². The van der Waals surface area contributed by atoms with Crippen molar-refractivity contribution >= 4 is 46.0 Å². The summed E-state index contributed by atoms with van der Waals surface area (Å²) in [6.45, 7) is 2.10. The van der Waals surface area contributed by atoms with E-state index in [0.717, 1.165) is 5.56 Å². The van der Waals surface area contributed by atoms with E-state index in [-0.39, 0.29) is 11.6 Å². The van der Waals surface area contributed by atoms with Gasteiger partial charge in [0, 0.05) is 11.6 Å². The zero-order valence-electron chi connectivity index (χ0n) is 13.3. The van der Waals surface area contributed by atoms with Gasteiger partial charge in [0.1, 0.15) is 4.32 Å². The highest BCUT2D eigenvalue weighted by Gasteiger charge is 2.32. The van der Waals surface area contributed by atoms with Gasteiger partial charge in [0.15, 0.2) is 0 Å². The fourth-order valence-electron chi connectivity index (χ4n) is 2.47. The Morgan fingerprint density at radius 1 is 1.24 bits per heavy atom. The fourth-order valence-corrected chi connectivity index (χ4v) is 3.72. The van der Waals surface area contributed by atoms with Crippen LogP contribution in [0.4, 0.5) is 5.69 Å². The van der Waals surface area contributed by atoms with Gasteiger partial charge < -0.3 is 0 Å². The average Bonchev–Trinajstić information content (AvgIpc) is 2.85. The zero-order chi connectivity index (χ0) is 18.0. The number of benzene rings is 2. The predicted molar refractivity (Wildman–Crippen MR) is 103 cm³/mol.